The van der Waals surface area contributed by atoms with Gasteiger partial charge in [0.25, 0.3) is 0 Å². The molecule has 1 rings (SSSR count). The average molecular weight is 312 g/mol. The molecular weight excluding hydrogens is 286 g/mol. The zero-order chi connectivity index (χ0) is 15.7. The maximum atomic E-state index is 12.1. The molecular formula is C17H26ClNO2. The lowest BCUT2D eigenvalue weighted by Crippen LogP contribution is -2.44. The fourth-order valence-electron chi connectivity index (χ4n) is 2.37. The van der Waals surface area contributed by atoms with Gasteiger partial charge in [0.2, 0.25) is 0 Å². The normalized spacial score (nSPS) is 13.5. The summed E-state index contributed by atoms with van der Waals surface area (Å²) in [6, 6.07) is 7.37. The van der Waals surface area contributed by atoms with Gasteiger partial charge in [-0.15, -0.1) is 0 Å². The second-order valence-electron chi connectivity index (χ2n) is 5.62. The number of carbonyl (C=O) groups excluding carboxylic acids is 1. The number of methoxy groups -OCH3 is 1. The van der Waals surface area contributed by atoms with Gasteiger partial charge in [-0.3, -0.25) is 0 Å². The molecule has 0 amide bonds. The summed E-state index contributed by atoms with van der Waals surface area (Å²) < 4.78 is 4.96. The Hall–Kier alpha value is -1.22. The number of rotatable bonds is 9. The van der Waals surface area contributed by atoms with E-state index in [1.807, 2.05) is 31.2 Å². The molecule has 1 aromatic rings. The van der Waals surface area contributed by atoms with Gasteiger partial charge in [-0.1, -0.05) is 50.6 Å². The van der Waals surface area contributed by atoms with Gasteiger partial charge in [0.05, 0.1) is 7.11 Å². The van der Waals surface area contributed by atoms with Crippen molar-refractivity contribution in [3.8, 4) is 0 Å². The van der Waals surface area contributed by atoms with Gasteiger partial charge >= 0.3 is 5.97 Å². The summed E-state index contributed by atoms with van der Waals surface area (Å²) in [6.45, 7) is 4.09. The van der Waals surface area contributed by atoms with Crippen LogP contribution in [0.3, 0.4) is 0 Å². The van der Waals surface area contributed by atoms with Crippen LogP contribution in [0, 0.1) is 0 Å². The van der Waals surface area contributed by atoms with E-state index in [0.29, 0.717) is 5.02 Å². The van der Waals surface area contributed by atoms with Crippen LogP contribution in [0.25, 0.3) is 0 Å². The van der Waals surface area contributed by atoms with Crippen molar-refractivity contribution >= 4 is 23.3 Å². The van der Waals surface area contributed by atoms with E-state index >= 15 is 0 Å². The van der Waals surface area contributed by atoms with E-state index in [9.17, 15) is 4.79 Å². The topological polar surface area (TPSA) is 38.3 Å². The van der Waals surface area contributed by atoms with Crippen molar-refractivity contribution in [2.75, 3.05) is 12.4 Å². The van der Waals surface area contributed by atoms with Gasteiger partial charge in [-0.25, -0.2) is 4.79 Å². The lowest BCUT2D eigenvalue weighted by molar-refractivity contribution is -0.145. The number of hydrogen-bond donors (Lipinski definition) is 1. The molecule has 0 bridgehead atoms. The zero-order valence-electron chi connectivity index (χ0n) is 13.2. The third-order valence-corrected chi connectivity index (χ3v) is 3.93. The Morgan fingerprint density at radius 1 is 1.19 bits per heavy atom. The van der Waals surface area contributed by atoms with Gasteiger partial charge in [-0.2, -0.15) is 0 Å². The molecule has 118 valence electrons. The van der Waals surface area contributed by atoms with E-state index < -0.39 is 5.54 Å². The molecule has 1 atom stereocenters. The van der Waals surface area contributed by atoms with Crippen molar-refractivity contribution in [2.24, 2.45) is 0 Å². The summed E-state index contributed by atoms with van der Waals surface area (Å²) >= 11 is 5.89. The smallest absolute Gasteiger partial charge is 0.331 e. The molecule has 0 saturated heterocycles. The molecule has 0 aliphatic heterocycles. The zero-order valence-corrected chi connectivity index (χ0v) is 14.0. The molecule has 0 spiro atoms. The first-order chi connectivity index (χ1) is 10.0. The van der Waals surface area contributed by atoms with Crippen LogP contribution in [-0.4, -0.2) is 18.6 Å². The number of carbonyl (C=O) groups is 1. The fourth-order valence-corrected chi connectivity index (χ4v) is 2.50. The maximum Gasteiger partial charge on any atom is 0.331 e. The minimum absolute atomic E-state index is 0.229. The van der Waals surface area contributed by atoms with Crippen LogP contribution >= 0.6 is 11.6 Å². The molecule has 21 heavy (non-hydrogen) atoms. The van der Waals surface area contributed by atoms with E-state index in [1.54, 1.807) is 0 Å². The second-order valence-corrected chi connectivity index (χ2v) is 6.06. The Morgan fingerprint density at radius 2 is 1.81 bits per heavy atom. The summed E-state index contributed by atoms with van der Waals surface area (Å²) in [5, 5.41) is 3.97. The SMILES string of the molecule is CCCCCCCC(C)(Nc1ccc(Cl)cc1)C(=O)OC. The molecule has 3 nitrogen and oxygen atoms in total. The lowest BCUT2D eigenvalue weighted by atomic mass is 9.93. The summed E-state index contributed by atoms with van der Waals surface area (Å²) in [7, 11) is 1.43. The van der Waals surface area contributed by atoms with Crippen molar-refractivity contribution in [1.29, 1.82) is 0 Å². The molecule has 1 aromatic carbocycles. The lowest BCUT2D eigenvalue weighted by Gasteiger charge is -2.29. The Labute approximate surface area is 133 Å². The number of ether oxygens (including phenoxy) is 1. The van der Waals surface area contributed by atoms with Gasteiger partial charge in [-0.05, 0) is 37.6 Å². The first-order valence-electron chi connectivity index (χ1n) is 7.64. The van der Waals surface area contributed by atoms with Crippen molar-refractivity contribution in [1.82, 2.24) is 0 Å². The highest BCUT2D eigenvalue weighted by atomic mass is 35.5. The average Bonchev–Trinajstić information content (AvgIpc) is 2.48. The predicted octanol–water partition coefficient (Wildman–Crippen LogP) is 5.04. The van der Waals surface area contributed by atoms with Gasteiger partial charge in [0.15, 0.2) is 0 Å². The molecule has 1 N–H and O–H groups in total. The molecule has 0 heterocycles. The molecule has 0 aromatic heterocycles. The molecule has 4 heteroatoms. The Morgan fingerprint density at radius 3 is 2.38 bits per heavy atom. The largest absolute Gasteiger partial charge is 0.467 e. The van der Waals surface area contributed by atoms with Crippen LogP contribution in [0.4, 0.5) is 5.69 Å². The van der Waals surface area contributed by atoms with E-state index in [1.165, 1.54) is 26.4 Å². The third kappa shape index (κ3) is 5.96. The molecule has 0 aliphatic rings. The van der Waals surface area contributed by atoms with Crippen LogP contribution in [0.5, 0.6) is 0 Å². The highest BCUT2D eigenvalue weighted by Crippen LogP contribution is 2.24. The molecule has 0 aliphatic carbocycles. The number of hydrogen-bond acceptors (Lipinski definition) is 3. The number of anilines is 1. The van der Waals surface area contributed by atoms with E-state index in [-0.39, 0.29) is 5.97 Å². The Bertz CT molecular complexity index is 433. The predicted molar refractivity (Wildman–Crippen MR) is 88.9 cm³/mol. The molecule has 1 unspecified atom stereocenters. The summed E-state index contributed by atoms with van der Waals surface area (Å²) in [4.78, 5) is 12.1. The fraction of sp³-hybridized carbons (Fsp3) is 0.588. The third-order valence-electron chi connectivity index (χ3n) is 3.68. The Balaban J connectivity index is 2.64. The minimum Gasteiger partial charge on any atom is -0.467 e. The van der Waals surface area contributed by atoms with Crippen LogP contribution < -0.4 is 5.32 Å². The van der Waals surface area contributed by atoms with E-state index in [4.69, 9.17) is 16.3 Å². The van der Waals surface area contributed by atoms with Gasteiger partial charge in [0.1, 0.15) is 5.54 Å². The number of nitrogens with one attached hydrogen (secondary N) is 1. The minimum atomic E-state index is -0.700. The number of benzene rings is 1. The standard InChI is InChI=1S/C17H26ClNO2/c1-4-5-6-7-8-13-17(2,16(20)21-3)19-15-11-9-14(18)10-12-15/h9-12,19H,4-8,13H2,1-3H3. The van der Waals surface area contributed by atoms with Crippen LogP contribution in [0.2, 0.25) is 5.02 Å². The highest BCUT2D eigenvalue weighted by molar-refractivity contribution is 6.30. The van der Waals surface area contributed by atoms with Crippen molar-refractivity contribution < 1.29 is 9.53 Å². The molecule has 0 fully saturated rings. The van der Waals surface area contributed by atoms with Crippen molar-refractivity contribution in [2.45, 2.75) is 57.9 Å². The van der Waals surface area contributed by atoms with E-state index in [0.717, 1.165) is 24.9 Å². The van der Waals surface area contributed by atoms with Crippen LogP contribution in [0.1, 0.15) is 52.4 Å². The number of halogens is 1. The number of esters is 1. The first kappa shape index (κ1) is 17.8. The molecule has 0 saturated carbocycles. The van der Waals surface area contributed by atoms with Crippen LogP contribution in [-0.2, 0) is 9.53 Å². The molecule has 0 radical (unpaired) electrons. The summed E-state index contributed by atoms with van der Waals surface area (Å²) in [6.07, 6.45) is 6.59. The highest BCUT2D eigenvalue weighted by Gasteiger charge is 2.33. The summed E-state index contributed by atoms with van der Waals surface area (Å²) in [5.41, 5.74) is 0.176. The monoisotopic (exact) mass is 311 g/mol. The first-order valence-corrected chi connectivity index (χ1v) is 8.02. The second kappa shape index (κ2) is 8.93. The van der Waals surface area contributed by atoms with Crippen LogP contribution in [0.15, 0.2) is 24.3 Å². The van der Waals surface area contributed by atoms with Gasteiger partial charge in [0, 0.05) is 10.7 Å². The number of unbranched alkanes of at least 4 members (excludes halogenated alkanes) is 4. The Kier molecular flexibility index (Phi) is 7.58. The maximum absolute atomic E-state index is 12.1. The van der Waals surface area contributed by atoms with Crippen molar-refractivity contribution in [3.63, 3.8) is 0 Å². The summed E-state index contributed by atoms with van der Waals surface area (Å²) in [5.74, 6) is -0.229. The van der Waals surface area contributed by atoms with E-state index in [2.05, 4.69) is 12.2 Å². The van der Waals surface area contributed by atoms with Crippen molar-refractivity contribution in [3.05, 3.63) is 29.3 Å². The van der Waals surface area contributed by atoms with Gasteiger partial charge < -0.3 is 10.1 Å². The quantitative estimate of drug-likeness (QED) is 0.512.